The molecule has 0 saturated heterocycles. The predicted octanol–water partition coefficient (Wildman–Crippen LogP) is 5.22. The van der Waals surface area contributed by atoms with Crippen LogP contribution >= 0.6 is 11.6 Å². The summed E-state index contributed by atoms with van der Waals surface area (Å²) in [5.41, 5.74) is 1.42. The normalized spacial score (nSPS) is 18.9. The quantitative estimate of drug-likeness (QED) is 0.390. The van der Waals surface area contributed by atoms with Crippen molar-refractivity contribution in [1.29, 1.82) is 0 Å². The van der Waals surface area contributed by atoms with Crippen LogP contribution in [0.2, 0.25) is 0 Å². The molecular formula is C29H37ClN2O6. The van der Waals surface area contributed by atoms with Crippen LogP contribution in [0, 0.1) is 5.92 Å². The van der Waals surface area contributed by atoms with Crippen molar-refractivity contribution in [3.8, 4) is 23.0 Å². The molecule has 9 heteroatoms. The number of fused-ring (bicyclic) bond motifs is 1. The van der Waals surface area contributed by atoms with Crippen LogP contribution in [-0.2, 0) is 16.1 Å². The summed E-state index contributed by atoms with van der Waals surface area (Å²) in [6.45, 7) is 5.13. The Morgan fingerprint density at radius 1 is 1.08 bits per heavy atom. The Morgan fingerprint density at radius 2 is 1.84 bits per heavy atom. The minimum atomic E-state index is -0.917. The van der Waals surface area contributed by atoms with Crippen LogP contribution in [0.3, 0.4) is 0 Å². The number of hydrogen-bond acceptors (Lipinski definition) is 6. The van der Waals surface area contributed by atoms with Crippen molar-refractivity contribution in [2.45, 2.75) is 64.6 Å². The van der Waals surface area contributed by atoms with Gasteiger partial charge in [0.05, 0.1) is 13.7 Å². The Balaban J connectivity index is 1.68. The van der Waals surface area contributed by atoms with E-state index >= 15 is 0 Å². The van der Waals surface area contributed by atoms with Gasteiger partial charge in [-0.3, -0.25) is 9.59 Å². The Kier molecular flexibility index (Phi) is 9.61. The lowest BCUT2D eigenvalue weighted by Gasteiger charge is -2.34. The number of rotatable bonds is 11. The van der Waals surface area contributed by atoms with E-state index in [0.717, 1.165) is 37.7 Å². The number of carbonyl (C=O) groups excluding carboxylic acids is 2. The molecule has 4 rings (SSSR count). The molecule has 2 aromatic rings. The van der Waals surface area contributed by atoms with Crippen LogP contribution in [0.5, 0.6) is 23.0 Å². The molecule has 38 heavy (non-hydrogen) atoms. The summed E-state index contributed by atoms with van der Waals surface area (Å²) in [4.78, 5) is 28.7. The van der Waals surface area contributed by atoms with E-state index < -0.39 is 6.04 Å². The molecular weight excluding hydrogens is 508 g/mol. The molecule has 0 bridgehead atoms. The molecule has 1 aliphatic carbocycles. The third-order valence-corrected chi connectivity index (χ3v) is 7.34. The molecule has 1 fully saturated rings. The molecule has 1 atom stereocenters. The van der Waals surface area contributed by atoms with Crippen LogP contribution in [-0.4, -0.2) is 49.1 Å². The number of carbonyl (C=O) groups is 2. The summed E-state index contributed by atoms with van der Waals surface area (Å²) < 4.78 is 22.4. The third kappa shape index (κ3) is 6.65. The fourth-order valence-electron chi connectivity index (χ4n) is 4.98. The van der Waals surface area contributed by atoms with Crippen molar-refractivity contribution < 1.29 is 28.5 Å². The van der Waals surface area contributed by atoms with Gasteiger partial charge in [-0.15, -0.1) is 11.6 Å². The molecule has 1 aliphatic heterocycles. The van der Waals surface area contributed by atoms with Gasteiger partial charge in [-0.05, 0) is 73.4 Å². The highest BCUT2D eigenvalue weighted by atomic mass is 35.5. The fraction of sp³-hybridized carbons (Fsp3) is 0.517. The SMILES string of the molecule is CCCOc1ccc(C(C(=O)NC2CCC(C)CC2)N(Cc2ccc3c(c2)OCO3)C(=O)CCl)cc1OC. The summed E-state index contributed by atoms with van der Waals surface area (Å²) in [5, 5.41) is 3.22. The summed E-state index contributed by atoms with van der Waals surface area (Å²) in [5.74, 6) is 2.14. The summed E-state index contributed by atoms with van der Waals surface area (Å²) in [6, 6.07) is 10.0. The Morgan fingerprint density at radius 3 is 2.55 bits per heavy atom. The van der Waals surface area contributed by atoms with E-state index in [4.69, 9.17) is 30.5 Å². The van der Waals surface area contributed by atoms with Crippen LogP contribution < -0.4 is 24.3 Å². The third-order valence-electron chi connectivity index (χ3n) is 7.11. The topological polar surface area (TPSA) is 86.3 Å². The average molecular weight is 545 g/mol. The number of halogens is 1. The van der Waals surface area contributed by atoms with Gasteiger partial charge in [0, 0.05) is 12.6 Å². The highest BCUT2D eigenvalue weighted by molar-refractivity contribution is 6.27. The zero-order valence-electron chi connectivity index (χ0n) is 22.3. The molecule has 0 radical (unpaired) electrons. The number of alkyl halides is 1. The number of nitrogens with one attached hydrogen (secondary N) is 1. The zero-order valence-corrected chi connectivity index (χ0v) is 23.1. The van der Waals surface area contributed by atoms with E-state index in [9.17, 15) is 9.59 Å². The van der Waals surface area contributed by atoms with Crippen molar-refractivity contribution in [3.05, 3.63) is 47.5 Å². The summed E-state index contributed by atoms with van der Waals surface area (Å²) in [6.07, 6.45) is 4.81. The van der Waals surface area contributed by atoms with E-state index in [1.807, 2.05) is 31.2 Å². The molecule has 8 nitrogen and oxygen atoms in total. The molecule has 0 spiro atoms. The molecule has 206 valence electrons. The Hall–Kier alpha value is -3.13. The van der Waals surface area contributed by atoms with Crippen LogP contribution in [0.25, 0.3) is 0 Å². The number of hydrogen-bond donors (Lipinski definition) is 1. The molecule has 2 amide bonds. The van der Waals surface area contributed by atoms with Crippen LogP contribution in [0.4, 0.5) is 0 Å². The summed E-state index contributed by atoms with van der Waals surface area (Å²) >= 11 is 6.08. The first kappa shape index (κ1) is 27.9. The van der Waals surface area contributed by atoms with Crippen LogP contribution in [0.15, 0.2) is 36.4 Å². The Labute approximate surface area is 229 Å². The largest absolute Gasteiger partial charge is 0.493 e. The van der Waals surface area contributed by atoms with Crippen molar-refractivity contribution in [2.24, 2.45) is 5.92 Å². The van der Waals surface area contributed by atoms with E-state index in [1.54, 1.807) is 19.2 Å². The first-order chi connectivity index (χ1) is 18.4. The molecule has 1 heterocycles. The van der Waals surface area contributed by atoms with Gasteiger partial charge in [0.15, 0.2) is 23.0 Å². The number of methoxy groups -OCH3 is 1. The molecule has 1 N–H and O–H groups in total. The zero-order chi connectivity index (χ0) is 27.1. The molecule has 1 unspecified atom stereocenters. The second kappa shape index (κ2) is 13.1. The second-order valence-corrected chi connectivity index (χ2v) is 10.2. The molecule has 1 saturated carbocycles. The lowest BCUT2D eigenvalue weighted by atomic mass is 9.87. The Bertz CT molecular complexity index is 1120. The maximum absolute atomic E-state index is 13.9. The standard InChI is InChI=1S/C29H37ClN2O6/c1-4-13-36-23-12-8-21(15-25(23)35-3)28(29(34)31-22-9-5-19(2)6-10-22)32(27(33)16-30)17-20-7-11-24-26(14-20)38-18-37-24/h7-8,11-12,14-15,19,22,28H,4-6,9-10,13,16-18H2,1-3H3,(H,31,34). The van der Waals surface area contributed by atoms with E-state index in [2.05, 4.69) is 12.2 Å². The predicted molar refractivity (Wildman–Crippen MR) is 145 cm³/mol. The number of benzene rings is 2. The van der Waals surface area contributed by atoms with Gasteiger partial charge in [0.2, 0.25) is 18.6 Å². The van der Waals surface area contributed by atoms with Gasteiger partial charge in [-0.25, -0.2) is 0 Å². The average Bonchev–Trinajstić information content (AvgIpc) is 3.40. The summed E-state index contributed by atoms with van der Waals surface area (Å²) in [7, 11) is 1.56. The number of ether oxygens (including phenoxy) is 4. The van der Waals surface area contributed by atoms with Crippen molar-refractivity contribution in [1.82, 2.24) is 10.2 Å². The molecule has 2 aromatic carbocycles. The number of nitrogens with zero attached hydrogens (tertiary/aromatic N) is 1. The molecule has 0 aromatic heterocycles. The van der Waals surface area contributed by atoms with Gasteiger partial charge in [-0.2, -0.15) is 0 Å². The number of amides is 2. The lowest BCUT2D eigenvalue weighted by molar-refractivity contribution is -0.140. The first-order valence-corrected chi connectivity index (χ1v) is 13.8. The molecule has 2 aliphatic rings. The minimum Gasteiger partial charge on any atom is -0.493 e. The highest BCUT2D eigenvalue weighted by Crippen LogP contribution is 2.36. The van der Waals surface area contributed by atoms with Crippen LogP contribution in [0.1, 0.15) is 63.1 Å². The van der Waals surface area contributed by atoms with E-state index in [-0.39, 0.29) is 37.1 Å². The van der Waals surface area contributed by atoms with Gasteiger partial charge in [0.25, 0.3) is 0 Å². The van der Waals surface area contributed by atoms with Crippen molar-refractivity contribution in [2.75, 3.05) is 26.4 Å². The smallest absolute Gasteiger partial charge is 0.247 e. The van der Waals surface area contributed by atoms with Gasteiger partial charge in [-0.1, -0.05) is 26.0 Å². The van der Waals surface area contributed by atoms with E-state index in [1.165, 1.54) is 4.90 Å². The monoisotopic (exact) mass is 544 g/mol. The van der Waals surface area contributed by atoms with E-state index in [0.29, 0.717) is 41.1 Å². The second-order valence-electron chi connectivity index (χ2n) is 9.97. The van der Waals surface area contributed by atoms with Gasteiger partial charge in [0.1, 0.15) is 11.9 Å². The van der Waals surface area contributed by atoms with Crippen molar-refractivity contribution in [3.63, 3.8) is 0 Å². The highest BCUT2D eigenvalue weighted by Gasteiger charge is 2.34. The first-order valence-electron chi connectivity index (χ1n) is 13.3. The van der Waals surface area contributed by atoms with Gasteiger partial charge >= 0.3 is 0 Å². The van der Waals surface area contributed by atoms with Crippen molar-refractivity contribution >= 4 is 23.4 Å². The lowest BCUT2D eigenvalue weighted by Crippen LogP contribution is -2.47. The minimum absolute atomic E-state index is 0.0637. The van der Waals surface area contributed by atoms with Gasteiger partial charge < -0.3 is 29.2 Å². The fourth-order valence-corrected chi connectivity index (χ4v) is 5.13. The maximum atomic E-state index is 13.9. The maximum Gasteiger partial charge on any atom is 0.247 e.